The second-order valence-corrected chi connectivity index (χ2v) is 6.15. The van der Waals surface area contributed by atoms with Gasteiger partial charge in [-0.3, -0.25) is 15.6 Å². The number of halogens is 1. The summed E-state index contributed by atoms with van der Waals surface area (Å²) in [4.78, 5) is 18.7. The summed E-state index contributed by atoms with van der Waals surface area (Å²) < 4.78 is 18.6. The Bertz CT molecular complexity index is 711. The summed E-state index contributed by atoms with van der Waals surface area (Å²) in [6, 6.07) is 9.27. The van der Waals surface area contributed by atoms with E-state index in [0.29, 0.717) is 11.3 Å². The van der Waals surface area contributed by atoms with Crippen molar-refractivity contribution in [3.63, 3.8) is 0 Å². The molecule has 1 amide bonds. The highest BCUT2D eigenvalue weighted by atomic mass is 19.1. The van der Waals surface area contributed by atoms with Gasteiger partial charge in [-0.15, -0.1) is 0 Å². The van der Waals surface area contributed by atoms with E-state index in [4.69, 9.17) is 4.74 Å². The zero-order valence-corrected chi connectivity index (χ0v) is 14.2. The fraction of sp³-hybridized carbons (Fsp3) is 0.333. The summed E-state index contributed by atoms with van der Waals surface area (Å²) in [7, 11) is 0. The maximum absolute atomic E-state index is 12.9. The molecule has 0 aliphatic carbocycles. The lowest BCUT2D eigenvalue weighted by Crippen LogP contribution is -2.45. The Morgan fingerprint density at radius 3 is 2.44 bits per heavy atom. The van der Waals surface area contributed by atoms with Crippen LogP contribution in [0.25, 0.3) is 0 Å². The van der Waals surface area contributed by atoms with E-state index in [0.717, 1.165) is 18.9 Å². The van der Waals surface area contributed by atoms with Gasteiger partial charge in [0.25, 0.3) is 5.91 Å². The van der Waals surface area contributed by atoms with E-state index in [1.807, 2.05) is 19.9 Å². The number of amides is 1. The van der Waals surface area contributed by atoms with Crippen molar-refractivity contribution in [3.8, 4) is 0 Å². The van der Waals surface area contributed by atoms with Crippen LogP contribution in [0.1, 0.15) is 24.2 Å². The van der Waals surface area contributed by atoms with Crippen LogP contribution in [0.15, 0.2) is 42.6 Å². The number of hydrogen-bond acceptors (Lipinski definition) is 5. The molecule has 1 fully saturated rings. The SMILES string of the molecule is C[C@@H]1CN(c2ccc(C(=O)NNc3ccc(F)cc3)cn2)C[C@@H](C)O1. The smallest absolute Gasteiger partial charge is 0.271 e. The molecule has 0 bridgehead atoms. The number of hydrazine groups is 1. The van der Waals surface area contributed by atoms with E-state index < -0.39 is 0 Å². The minimum atomic E-state index is -0.330. The Balaban J connectivity index is 1.59. The highest BCUT2D eigenvalue weighted by molar-refractivity contribution is 5.94. The van der Waals surface area contributed by atoms with Crippen LogP contribution >= 0.6 is 0 Å². The fourth-order valence-corrected chi connectivity index (χ4v) is 2.81. The number of ether oxygens (including phenoxy) is 1. The average Bonchev–Trinajstić information content (AvgIpc) is 2.60. The molecule has 2 atom stereocenters. The molecule has 1 aromatic carbocycles. The van der Waals surface area contributed by atoms with Crippen LogP contribution < -0.4 is 15.8 Å². The first-order chi connectivity index (χ1) is 12.0. The number of anilines is 2. The van der Waals surface area contributed by atoms with Crippen molar-refractivity contribution in [2.24, 2.45) is 0 Å². The van der Waals surface area contributed by atoms with Crippen LogP contribution in [-0.4, -0.2) is 36.2 Å². The number of morpholine rings is 1. The van der Waals surface area contributed by atoms with Gasteiger partial charge in [0.05, 0.1) is 23.5 Å². The first kappa shape index (κ1) is 17.2. The monoisotopic (exact) mass is 344 g/mol. The van der Waals surface area contributed by atoms with Crippen LogP contribution in [0.2, 0.25) is 0 Å². The summed E-state index contributed by atoms with van der Waals surface area (Å²) in [6.45, 7) is 5.61. The molecule has 2 aromatic rings. The van der Waals surface area contributed by atoms with Crippen LogP contribution in [-0.2, 0) is 4.74 Å². The predicted octanol–water partition coefficient (Wildman–Crippen LogP) is 2.59. The van der Waals surface area contributed by atoms with Crippen molar-refractivity contribution in [1.82, 2.24) is 10.4 Å². The molecule has 7 heteroatoms. The van der Waals surface area contributed by atoms with Gasteiger partial charge in [-0.05, 0) is 50.2 Å². The summed E-state index contributed by atoms with van der Waals surface area (Å²) in [5.74, 6) is 0.181. The lowest BCUT2D eigenvalue weighted by atomic mass is 10.2. The van der Waals surface area contributed by atoms with Crippen molar-refractivity contribution in [2.75, 3.05) is 23.4 Å². The van der Waals surface area contributed by atoms with Crippen molar-refractivity contribution in [2.45, 2.75) is 26.1 Å². The van der Waals surface area contributed by atoms with E-state index in [2.05, 4.69) is 20.7 Å². The van der Waals surface area contributed by atoms with Gasteiger partial charge < -0.3 is 9.64 Å². The van der Waals surface area contributed by atoms with Gasteiger partial charge in [0.15, 0.2) is 0 Å². The molecule has 0 unspecified atom stereocenters. The van der Waals surface area contributed by atoms with Crippen molar-refractivity contribution < 1.29 is 13.9 Å². The Morgan fingerprint density at radius 2 is 1.84 bits per heavy atom. The number of nitrogens with zero attached hydrogens (tertiary/aromatic N) is 2. The van der Waals surface area contributed by atoms with E-state index in [9.17, 15) is 9.18 Å². The predicted molar refractivity (Wildman–Crippen MR) is 93.9 cm³/mol. The van der Waals surface area contributed by atoms with E-state index >= 15 is 0 Å². The molecule has 25 heavy (non-hydrogen) atoms. The van der Waals surface area contributed by atoms with Crippen LogP contribution in [0, 0.1) is 5.82 Å². The molecule has 0 spiro atoms. The van der Waals surface area contributed by atoms with E-state index in [1.54, 1.807) is 12.3 Å². The van der Waals surface area contributed by atoms with Gasteiger partial charge in [-0.2, -0.15) is 0 Å². The van der Waals surface area contributed by atoms with Crippen molar-refractivity contribution in [3.05, 3.63) is 54.0 Å². The molecule has 1 saturated heterocycles. The number of carbonyl (C=O) groups excluding carboxylic acids is 1. The van der Waals surface area contributed by atoms with Crippen molar-refractivity contribution >= 4 is 17.4 Å². The number of nitrogens with one attached hydrogen (secondary N) is 2. The normalized spacial score (nSPS) is 20.2. The molecule has 132 valence electrons. The van der Waals surface area contributed by atoms with Crippen LogP contribution in [0.3, 0.4) is 0 Å². The molecule has 1 aliphatic rings. The van der Waals surface area contributed by atoms with E-state index in [-0.39, 0.29) is 23.9 Å². The third-order valence-corrected chi connectivity index (χ3v) is 3.92. The average molecular weight is 344 g/mol. The van der Waals surface area contributed by atoms with Gasteiger partial charge in [0.1, 0.15) is 11.6 Å². The van der Waals surface area contributed by atoms with Crippen LogP contribution in [0.4, 0.5) is 15.9 Å². The topological polar surface area (TPSA) is 66.5 Å². The standard InChI is InChI=1S/C18H21FN4O2/c1-12-10-23(11-13(2)25-12)17-8-3-14(9-20-17)18(24)22-21-16-6-4-15(19)5-7-16/h3-9,12-13,21H,10-11H2,1-2H3,(H,22,24)/t12-,13-/m1/s1. The van der Waals surface area contributed by atoms with Gasteiger partial charge in [-0.1, -0.05) is 0 Å². The zero-order chi connectivity index (χ0) is 17.8. The molecule has 3 rings (SSSR count). The summed E-state index contributed by atoms with van der Waals surface area (Å²) >= 11 is 0. The minimum Gasteiger partial charge on any atom is -0.372 e. The van der Waals surface area contributed by atoms with E-state index in [1.165, 1.54) is 24.3 Å². The summed E-state index contributed by atoms with van der Waals surface area (Å²) in [6.07, 6.45) is 1.84. The first-order valence-electron chi connectivity index (χ1n) is 8.19. The number of benzene rings is 1. The number of aromatic nitrogens is 1. The summed E-state index contributed by atoms with van der Waals surface area (Å²) in [5.41, 5.74) is 6.33. The Kier molecular flexibility index (Phi) is 5.14. The Labute approximate surface area is 146 Å². The molecule has 1 aromatic heterocycles. The van der Waals surface area contributed by atoms with Crippen molar-refractivity contribution in [1.29, 1.82) is 0 Å². The second kappa shape index (κ2) is 7.48. The molecule has 1 aliphatic heterocycles. The maximum atomic E-state index is 12.9. The number of carbonyl (C=O) groups is 1. The van der Waals surface area contributed by atoms with Gasteiger partial charge in [0, 0.05) is 19.3 Å². The highest BCUT2D eigenvalue weighted by Crippen LogP contribution is 2.18. The van der Waals surface area contributed by atoms with Gasteiger partial charge in [0.2, 0.25) is 0 Å². The lowest BCUT2D eigenvalue weighted by Gasteiger charge is -2.36. The first-order valence-corrected chi connectivity index (χ1v) is 8.19. The quantitative estimate of drug-likeness (QED) is 0.835. The van der Waals surface area contributed by atoms with Gasteiger partial charge >= 0.3 is 0 Å². The lowest BCUT2D eigenvalue weighted by molar-refractivity contribution is -0.00546. The number of hydrogen-bond donors (Lipinski definition) is 2. The third-order valence-electron chi connectivity index (χ3n) is 3.92. The number of pyridine rings is 1. The molecule has 2 N–H and O–H groups in total. The maximum Gasteiger partial charge on any atom is 0.271 e. The zero-order valence-electron chi connectivity index (χ0n) is 14.2. The molecule has 0 saturated carbocycles. The minimum absolute atomic E-state index is 0.147. The Morgan fingerprint density at radius 1 is 1.16 bits per heavy atom. The summed E-state index contributed by atoms with van der Waals surface area (Å²) in [5, 5.41) is 0. The number of rotatable bonds is 4. The third kappa shape index (κ3) is 4.45. The molecule has 6 nitrogen and oxygen atoms in total. The molecule has 0 radical (unpaired) electrons. The fourth-order valence-electron chi connectivity index (χ4n) is 2.81. The molecular formula is C18H21FN4O2. The van der Waals surface area contributed by atoms with Gasteiger partial charge in [-0.25, -0.2) is 9.37 Å². The highest BCUT2D eigenvalue weighted by Gasteiger charge is 2.23. The second-order valence-electron chi connectivity index (χ2n) is 6.15. The van der Waals surface area contributed by atoms with Crippen LogP contribution in [0.5, 0.6) is 0 Å². The molecule has 2 heterocycles. The Hall–Kier alpha value is -2.67. The molecular weight excluding hydrogens is 323 g/mol. The largest absolute Gasteiger partial charge is 0.372 e.